The van der Waals surface area contributed by atoms with E-state index in [-0.39, 0.29) is 23.6 Å². The molecule has 2 aliphatic heterocycles. The second-order valence-electron chi connectivity index (χ2n) is 10.4. The van der Waals surface area contributed by atoms with Gasteiger partial charge >= 0.3 is 0 Å². The Bertz CT molecular complexity index is 1500. The number of ether oxygens (including phenoxy) is 2. The Balaban J connectivity index is 1.46. The summed E-state index contributed by atoms with van der Waals surface area (Å²) in [5.74, 6) is -1.30. The van der Waals surface area contributed by atoms with Crippen LogP contribution in [0, 0.1) is 17.0 Å². The van der Waals surface area contributed by atoms with Crippen molar-refractivity contribution >= 4 is 23.1 Å². The highest BCUT2D eigenvalue weighted by atomic mass is 16.6. The fourth-order valence-corrected chi connectivity index (χ4v) is 5.43. The second kappa shape index (κ2) is 13.0. The minimum Gasteiger partial charge on any atom is -0.507 e. The van der Waals surface area contributed by atoms with Gasteiger partial charge in [-0.3, -0.25) is 24.6 Å². The molecule has 1 atom stereocenters. The number of carbonyl (C=O) groups is 2. The van der Waals surface area contributed by atoms with Gasteiger partial charge in [0.15, 0.2) is 0 Å². The maximum atomic E-state index is 13.4. The van der Waals surface area contributed by atoms with Crippen LogP contribution in [0.5, 0.6) is 5.75 Å². The van der Waals surface area contributed by atoms with Gasteiger partial charge in [-0.25, -0.2) is 0 Å². The summed E-state index contributed by atoms with van der Waals surface area (Å²) in [6, 6.07) is 19.7. The highest BCUT2D eigenvalue weighted by Gasteiger charge is 2.46. The van der Waals surface area contributed by atoms with Crippen molar-refractivity contribution < 1.29 is 29.1 Å². The fourth-order valence-electron chi connectivity index (χ4n) is 5.43. The first-order valence-electron chi connectivity index (χ1n) is 13.9. The molecule has 0 radical (unpaired) electrons. The molecule has 42 heavy (non-hydrogen) atoms. The van der Waals surface area contributed by atoms with Gasteiger partial charge in [-0.2, -0.15) is 0 Å². The van der Waals surface area contributed by atoms with Crippen LogP contribution < -0.4 is 4.74 Å². The number of carbonyl (C=O) groups excluding carboxylic acids is 2. The molecule has 10 nitrogen and oxygen atoms in total. The number of non-ortho nitro benzene ring substituents is 1. The normalized spacial score (nSPS) is 18.8. The molecule has 2 aliphatic rings. The molecule has 218 valence electrons. The van der Waals surface area contributed by atoms with Crippen LogP contribution in [0.2, 0.25) is 0 Å². The number of aliphatic hydroxyl groups is 1. The molecule has 0 aromatic heterocycles. The standard InChI is InChI=1S/C32H33N3O7/c1-22-19-26(42-21-23-7-3-2-4-8-23)11-12-27(22)30(36)28-29(24-9-5-10-25(20-24)35(39)40)34(32(38)31(28)37)14-6-13-33-15-17-41-18-16-33/h2-5,7-12,19-20,29,36H,6,13-18,21H2,1H3. The van der Waals surface area contributed by atoms with Crippen LogP contribution in [0.1, 0.15) is 34.7 Å². The molecule has 0 bridgehead atoms. The van der Waals surface area contributed by atoms with Crippen molar-refractivity contribution in [2.24, 2.45) is 0 Å². The number of morpholine rings is 1. The SMILES string of the molecule is Cc1cc(OCc2ccccc2)ccc1C(O)=C1C(=O)C(=O)N(CCCN2CCOCC2)C1c1cccc([N+](=O)[O-])c1. The number of aryl methyl sites for hydroxylation is 1. The first-order chi connectivity index (χ1) is 20.3. The molecule has 2 fully saturated rings. The number of hydrogen-bond acceptors (Lipinski definition) is 8. The summed E-state index contributed by atoms with van der Waals surface area (Å²) in [6.07, 6.45) is 0.588. The van der Waals surface area contributed by atoms with Gasteiger partial charge in [-0.15, -0.1) is 0 Å². The number of rotatable bonds is 10. The Kier molecular flexibility index (Phi) is 8.94. The summed E-state index contributed by atoms with van der Waals surface area (Å²) in [4.78, 5) is 41.5. The molecular formula is C32H33N3O7. The van der Waals surface area contributed by atoms with E-state index >= 15 is 0 Å². The molecule has 0 spiro atoms. The van der Waals surface area contributed by atoms with Crippen LogP contribution in [0.3, 0.4) is 0 Å². The number of likely N-dealkylation sites (tertiary alicyclic amines) is 1. The van der Waals surface area contributed by atoms with E-state index in [9.17, 15) is 24.8 Å². The summed E-state index contributed by atoms with van der Waals surface area (Å²) in [5.41, 5.74) is 2.16. The molecular weight excluding hydrogens is 538 g/mol. The average Bonchev–Trinajstić information content (AvgIpc) is 3.26. The number of benzene rings is 3. The lowest BCUT2D eigenvalue weighted by Gasteiger charge is -2.29. The Morgan fingerprint density at radius 1 is 1.02 bits per heavy atom. The van der Waals surface area contributed by atoms with E-state index in [0.717, 1.165) is 18.7 Å². The zero-order valence-electron chi connectivity index (χ0n) is 23.4. The summed E-state index contributed by atoms with van der Waals surface area (Å²) in [7, 11) is 0. The molecule has 0 saturated carbocycles. The van der Waals surface area contributed by atoms with E-state index in [1.54, 1.807) is 31.2 Å². The fraction of sp³-hybridized carbons (Fsp3) is 0.312. The van der Waals surface area contributed by atoms with Gasteiger partial charge in [-0.05, 0) is 48.2 Å². The highest BCUT2D eigenvalue weighted by Crippen LogP contribution is 2.41. The summed E-state index contributed by atoms with van der Waals surface area (Å²) in [5, 5.41) is 23.1. The molecule has 1 N–H and O–H groups in total. The third-order valence-electron chi connectivity index (χ3n) is 7.62. The number of Topliss-reactive ketones (excluding diaryl/α,β-unsaturated/α-hetero) is 1. The number of ketones is 1. The molecule has 2 saturated heterocycles. The smallest absolute Gasteiger partial charge is 0.295 e. The topological polar surface area (TPSA) is 122 Å². The van der Waals surface area contributed by atoms with Crippen LogP contribution in [-0.4, -0.2) is 70.9 Å². The molecule has 1 unspecified atom stereocenters. The van der Waals surface area contributed by atoms with Crippen molar-refractivity contribution in [3.05, 3.63) is 111 Å². The van der Waals surface area contributed by atoms with Gasteiger partial charge in [0.2, 0.25) is 0 Å². The maximum absolute atomic E-state index is 13.4. The van der Waals surface area contributed by atoms with E-state index in [4.69, 9.17) is 9.47 Å². The van der Waals surface area contributed by atoms with Gasteiger partial charge in [0.05, 0.1) is 29.8 Å². The molecule has 5 rings (SSSR count). The molecule has 2 heterocycles. The summed E-state index contributed by atoms with van der Waals surface area (Å²) < 4.78 is 11.3. The summed E-state index contributed by atoms with van der Waals surface area (Å²) >= 11 is 0. The summed E-state index contributed by atoms with van der Waals surface area (Å²) in [6.45, 7) is 5.98. The van der Waals surface area contributed by atoms with Crippen LogP contribution in [0.25, 0.3) is 5.76 Å². The average molecular weight is 572 g/mol. The van der Waals surface area contributed by atoms with Crippen LogP contribution in [0.4, 0.5) is 5.69 Å². The molecule has 10 heteroatoms. The molecule has 0 aliphatic carbocycles. The monoisotopic (exact) mass is 571 g/mol. The van der Waals surface area contributed by atoms with Crippen LogP contribution >= 0.6 is 0 Å². The minimum absolute atomic E-state index is 0.0899. The van der Waals surface area contributed by atoms with Crippen LogP contribution in [0.15, 0.2) is 78.4 Å². The van der Waals surface area contributed by atoms with Crippen LogP contribution in [-0.2, 0) is 20.9 Å². The number of hydrogen-bond donors (Lipinski definition) is 1. The van der Waals surface area contributed by atoms with Gasteiger partial charge in [0.1, 0.15) is 18.1 Å². The van der Waals surface area contributed by atoms with Crippen molar-refractivity contribution in [1.82, 2.24) is 9.80 Å². The predicted octanol–water partition coefficient (Wildman–Crippen LogP) is 4.63. The largest absolute Gasteiger partial charge is 0.507 e. The van der Waals surface area contributed by atoms with Crippen molar-refractivity contribution in [2.75, 3.05) is 39.4 Å². The first kappa shape index (κ1) is 29.0. The van der Waals surface area contributed by atoms with Gasteiger partial charge < -0.3 is 19.5 Å². The number of nitro groups is 1. The number of amides is 1. The number of aliphatic hydroxyl groups excluding tert-OH is 1. The third kappa shape index (κ3) is 6.35. The Morgan fingerprint density at radius 3 is 2.50 bits per heavy atom. The van der Waals surface area contributed by atoms with Crippen molar-refractivity contribution in [2.45, 2.75) is 26.0 Å². The third-order valence-corrected chi connectivity index (χ3v) is 7.62. The van der Waals surface area contributed by atoms with E-state index in [1.165, 1.54) is 23.1 Å². The lowest BCUT2D eigenvalue weighted by molar-refractivity contribution is -0.384. The zero-order valence-corrected chi connectivity index (χ0v) is 23.4. The van der Waals surface area contributed by atoms with Crippen molar-refractivity contribution in [3.8, 4) is 5.75 Å². The van der Waals surface area contributed by atoms with Gasteiger partial charge in [0, 0.05) is 43.9 Å². The second-order valence-corrected chi connectivity index (χ2v) is 10.4. The lowest BCUT2D eigenvalue weighted by atomic mass is 9.93. The van der Waals surface area contributed by atoms with Crippen molar-refractivity contribution in [1.29, 1.82) is 0 Å². The highest BCUT2D eigenvalue weighted by molar-refractivity contribution is 6.46. The lowest BCUT2D eigenvalue weighted by Crippen LogP contribution is -2.39. The van der Waals surface area contributed by atoms with E-state index in [0.29, 0.717) is 55.2 Å². The van der Waals surface area contributed by atoms with Gasteiger partial charge in [-0.1, -0.05) is 42.5 Å². The van der Waals surface area contributed by atoms with Crippen molar-refractivity contribution in [3.63, 3.8) is 0 Å². The number of nitrogens with zero attached hydrogens (tertiary/aromatic N) is 3. The zero-order chi connectivity index (χ0) is 29.6. The Labute approximate surface area is 243 Å². The molecule has 1 amide bonds. The number of nitro benzene ring substituents is 1. The predicted molar refractivity (Wildman–Crippen MR) is 156 cm³/mol. The Hall–Kier alpha value is -4.54. The first-order valence-corrected chi connectivity index (χ1v) is 13.9. The van der Waals surface area contributed by atoms with E-state index < -0.39 is 22.7 Å². The Morgan fingerprint density at radius 2 is 1.79 bits per heavy atom. The molecule has 3 aromatic carbocycles. The van der Waals surface area contributed by atoms with E-state index in [1.807, 2.05) is 30.3 Å². The van der Waals surface area contributed by atoms with E-state index in [2.05, 4.69) is 4.90 Å². The minimum atomic E-state index is -0.969. The maximum Gasteiger partial charge on any atom is 0.295 e. The van der Waals surface area contributed by atoms with Gasteiger partial charge in [0.25, 0.3) is 17.4 Å². The molecule has 3 aromatic rings. The quantitative estimate of drug-likeness (QED) is 0.123.